The first kappa shape index (κ1) is 12.6. The molecule has 3 aromatic rings. The van der Waals surface area contributed by atoms with Crippen molar-refractivity contribution in [3.8, 4) is 11.5 Å². The normalized spacial score (nSPS) is 10.6. The van der Waals surface area contributed by atoms with E-state index >= 15 is 0 Å². The fraction of sp³-hybridized carbons (Fsp3) is 0.0714. The van der Waals surface area contributed by atoms with Gasteiger partial charge in [-0.15, -0.1) is 5.10 Å². The molecular formula is C14H11N3O2S. The van der Waals surface area contributed by atoms with E-state index in [9.17, 15) is 4.79 Å². The topological polar surface area (TPSA) is 63.8 Å². The standard InChI is InChI=1S/C14H11N3O2S/c18-12-7-6-11(13-15-16-14(20)19-13)9-17(12)8-10-4-2-1-3-5-10/h1-7,9H,8H2,(H,16,20). The van der Waals surface area contributed by atoms with Crippen LogP contribution in [-0.2, 0) is 6.54 Å². The molecule has 0 fully saturated rings. The summed E-state index contributed by atoms with van der Waals surface area (Å²) in [5.41, 5.74) is 1.68. The first-order valence-corrected chi connectivity index (χ1v) is 6.43. The summed E-state index contributed by atoms with van der Waals surface area (Å²) in [6.45, 7) is 0.499. The molecule has 1 N–H and O–H groups in total. The van der Waals surface area contributed by atoms with Gasteiger partial charge in [0.25, 0.3) is 10.4 Å². The van der Waals surface area contributed by atoms with Crippen LogP contribution in [0.1, 0.15) is 5.56 Å². The van der Waals surface area contributed by atoms with Gasteiger partial charge in [0.15, 0.2) is 0 Å². The minimum atomic E-state index is -0.0771. The summed E-state index contributed by atoms with van der Waals surface area (Å²) in [6, 6.07) is 12.9. The fourth-order valence-electron chi connectivity index (χ4n) is 1.91. The third-order valence-electron chi connectivity index (χ3n) is 2.86. The van der Waals surface area contributed by atoms with Gasteiger partial charge in [-0.3, -0.25) is 4.79 Å². The van der Waals surface area contributed by atoms with Crippen molar-refractivity contribution in [3.05, 3.63) is 69.4 Å². The maximum atomic E-state index is 11.9. The highest BCUT2D eigenvalue weighted by molar-refractivity contribution is 7.71. The molecular weight excluding hydrogens is 274 g/mol. The van der Waals surface area contributed by atoms with E-state index in [2.05, 4.69) is 10.2 Å². The van der Waals surface area contributed by atoms with E-state index in [1.807, 2.05) is 30.3 Å². The fourth-order valence-corrected chi connectivity index (χ4v) is 2.04. The van der Waals surface area contributed by atoms with E-state index in [0.717, 1.165) is 5.56 Å². The van der Waals surface area contributed by atoms with Crippen molar-refractivity contribution in [2.75, 3.05) is 0 Å². The minimum Gasteiger partial charge on any atom is -0.409 e. The van der Waals surface area contributed by atoms with Crippen LogP contribution in [0.3, 0.4) is 0 Å². The summed E-state index contributed by atoms with van der Waals surface area (Å²) in [6.07, 6.45) is 1.71. The van der Waals surface area contributed by atoms with E-state index in [1.54, 1.807) is 16.8 Å². The average molecular weight is 285 g/mol. The van der Waals surface area contributed by atoms with Gasteiger partial charge in [-0.05, 0) is 23.8 Å². The largest absolute Gasteiger partial charge is 0.409 e. The molecule has 0 atom stereocenters. The lowest BCUT2D eigenvalue weighted by atomic mass is 10.2. The Morgan fingerprint density at radius 3 is 2.70 bits per heavy atom. The van der Waals surface area contributed by atoms with Crippen LogP contribution in [0.2, 0.25) is 0 Å². The lowest BCUT2D eigenvalue weighted by Crippen LogP contribution is -2.19. The third-order valence-corrected chi connectivity index (χ3v) is 3.04. The highest BCUT2D eigenvalue weighted by atomic mass is 32.1. The third kappa shape index (κ3) is 2.60. The Bertz CT molecular complexity index is 833. The van der Waals surface area contributed by atoms with Crippen LogP contribution in [0, 0.1) is 4.84 Å². The molecule has 6 heteroatoms. The van der Waals surface area contributed by atoms with Crippen LogP contribution in [0.15, 0.2) is 57.9 Å². The second kappa shape index (κ2) is 5.26. The molecule has 0 aliphatic rings. The van der Waals surface area contributed by atoms with Crippen molar-refractivity contribution < 1.29 is 4.42 Å². The van der Waals surface area contributed by atoms with Crippen LogP contribution in [0.5, 0.6) is 0 Å². The van der Waals surface area contributed by atoms with E-state index in [0.29, 0.717) is 18.0 Å². The van der Waals surface area contributed by atoms with Gasteiger partial charge in [-0.2, -0.15) is 0 Å². The number of aromatic nitrogens is 3. The van der Waals surface area contributed by atoms with Gasteiger partial charge in [0, 0.05) is 12.3 Å². The Kier molecular flexibility index (Phi) is 3.30. The Morgan fingerprint density at radius 1 is 1.20 bits per heavy atom. The molecule has 3 rings (SSSR count). The Hall–Kier alpha value is -2.47. The molecule has 2 aromatic heterocycles. The number of hydrogen-bond acceptors (Lipinski definition) is 4. The van der Waals surface area contributed by atoms with Crippen molar-refractivity contribution in [1.29, 1.82) is 0 Å². The van der Waals surface area contributed by atoms with Crippen molar-refractivity contribution in [2.45, 2.75) is 6.54 Å². The van der Waals surface area contributed by atoms with E-state index in [-0.39, 0.29) is 10.4 Å². The predicted octanol–water partition coefficient (Wildman–Crippen LogP) is 2.61. The number of nitrogens with one attached hydrogen (secondary N) is 1. The van der Waals surface area contributed by atoms with Crippen LogP contribution < -0.4 is 5.56 Å². The van der Waals surface area contributed by atoms with Gasteiger partial charge in [0.2, 0.25) is 5.89 Å². The number of pyridine rings is 1. The monoisotopic (exact) mass is 285 g/mol. The Morgan fingerprint density at radius 2 is 2.00 bits per heavy atom. The zero-order valence-electron chi connectivity index (χ0n) is 10.4. The summed E-state index contributed by atoms with van der Waals surface area (Å²) < 4.78 is 6.86. The summed E-state index contributed by atoms with van der Waals surface area (Å²) in [4.78, 5) is 12.1. The van der Waals surface area contributed by atoms with Crippen LogP contribution >= 0.6 is 12.2 Å². The van der Waals surface area contributed by atoms with Crippen LogP contribution in [0.25, 0.3) is 11.5 Å². The summed E-state index contributed by atoms with van der Waals surface area (Å²) >= 11 is 4.84. The maximum absolute atomic E-state index is 11.9. The molecule has 2 heterocycles. The lowest BCUT2D eigenvalue weighted by Gasteiger charge is -2.06. The molecule has 0 aliphatic carbocycles. The molecule has 0 saturated carbocycles. The van der Waals surface area contributed by atoms with Crippen molar-refractivity contribution in [2.24, 2.45) is 0 Å². The smallest absolute Gasteiger partial charge is 0.284 e. The molecule has 1 aromatic carbocycles. The SMILES string of the molecule is O=c1ccc(-c2n[nH]c(=S)o2)cn1Cc1ccccc1. The van der Waals surface area contributed by atoms with E-state index in [1.165, 1.54) is 6.07 Å². The maximum Gasteiger partial charge on any atom is 0.284 e. The molecule has 0 aliphatic heterocycles. The van der Waals surface area contributed by atoms with Crippen molar-refractivity contribution in [3.63, 3.8) is 0 Å². The van der Waals surface area contributed by atoms with Gasteiger partial charge < -0.3 is 8.98 Å². The number of benzene rings is 1. The molecule has 5 nitrogen and oxygen atoms in total. The number of H-pyrrole nitrogens is 1. The van der Waals surface area contributed by atoms with Gasteiger partial charge in [-0.25, -0.2) is 5.10 Å². The van der Waals surface area contributed by atoms with Gasteiger partial charge >= 0.3 is 0 Å². The van der Waals surface area contributed by atoms with Gasteiger partial charge in [0.1, 0.15) is 0 Å². The first-order valence-electron chi connectivity index (χ1n) is 6.03. The van der Waals surface area contributed by atoms with Gasteiger partial charge in [-0.1, -0.05) is 30.3 Å². The Balaban J connectivity index is 1.99. The molecule has 100 valence electrons. The molecule has 0 spiro atoms. The van der Waals surface area contributed by atoms with Crippen LogP contribution in [0.4, 0.5) is 0 Å². The number of hydrogen-bond donors (Lipinski definition) is 1. The van der Waals surface area contributed by atoms with Gasteiger partial charge in [0.05, 0.1) is 12.1 Å². The summed E-state index contributed by atoms with van der Waals surface area (Å²) in [5, 5.41) is 6.51. The quantitative estimate of drug-likeness (QED) is 0.751. The number of nitrogens with zero attached hydrogens (tertiary/aromatic N) is 2. The molecule has 0 radical (unpaired) electrons. The Labute approximate surface area is 119 Å². The minimum absolute atomic E-state index is 0.0771. The highest BCUT2D eigenvalue weighted by Gasteiger charge is 2.06. The number of rotatable bonds is 3. The molecule has 0 saturated heterocycles. The molecule has 0 amide bonds. The zero-order valence-corrected chi connectivity index (χ0v) is 11.3. The predicted molar refractivity (Wildman–Crippen MR) is 76.9 cm³/mol. The summed E-state index contributed by atoms with van der Waals surface area (Å²) in [7, 11) is 0. The molecule has 0 unspecified atom stereocenters. The van der Waals surface area contributed by atoms with Crippen LogP contribution in [-0.4, -0.2) is 14.8 Å². The van der Waals surface area contributed by atoms with Crippen molar-refractivity contribution >= 4 is 12.2 Å². The summed E-state index contributed by atoms with van der Waals surface area (Å²) in [5.74, 6) is 0.372. The van der Waals surface area contributed by atoms with E-state index in [4.69, 9.17) is 16.6 Å². The zero-order chi connectivity index (χ0) is 13.9. The lowest BCUT2D eigenvalue weighted by molar-refractivity contribution is 0.551. The average Bonchev–Trinajstić information content (AvgIpc) is 2.89. The van der Waals surface area contributed by atoms with Crippen molar-refractivity contribution in [1.82, 2.24) is 14.8 Å². The molecule has 0 bridgehead atoms. The molecule has 20 heavy (non-hydrogen) atoms. The highest BCUT2D eigenvalue weighted by Crippen LogP contribution is 2.15. The van der Waals surface area contributed by atoms with E-state index < -0.39 is 0 Å². The second-order valence-electron chi connectivity index (χ2n) is 4.29. The second-order valence-corrected chi connectivity index (χ2v) is 4.66. The number of aromatic amines is 1. The first-order chi connectivity index (χ1) is 9.72.